The van der Waals surface area contributed by atoms with Gasteiger partial charge in [-0.05, 0) is 30.7 Å². The van der Waals surface area contributed by atoms with E-state index in [-0.39, 0.29) is 18.0 Å². The van der Waals surface area contributed by atoms with E-state index in [9.17, 15) is 9.59 Å². The van der Waals surface area contributed by atoms with Gasteiger partial charge in [0.25, 0.3) is 0 Å². The van der Waals surface area contributed by atoms with Crippen LogP contribution in [-0.4, -0.2) is 28.7 Å². The van der Waals surface area contributed by atoms with Crippen LogP contribution in [0.1, 0.15) is 29.8 Å². The third-order valence-electron chi connectivity index (χ3n) is 2.31. The number of carbonyl (C=O) groups excluding carboxylic acids is 1. The summed E-state index contributed by atoms with van der Waals surface area (Å²) in [4.78, 5) is 27.5. The first kappa shape index (κ1) is 14.0. The lowest BCUT2D eigenvalue weighted by Crippen LogP contribution is -2.29. The van der Waals surface area contributed by atoms with Crippen molar-refractivity contribution in [3.63, 3.8) is 0 Å². The molecule has 0 radical (unpaired) electrons. The molecular formula is C12H16N2O4. The summed E-state index contributed by atoms with van der Waals surface area (Å²) in [7, 11) is 0. The number of nitrogen functional groups attached to an aromatic ring is 1. The van der Waals surface area contributed by atoms with Crippen LogP contribution < -0.4 is 5.73 Å². The molecule has 0 heterocycles. The predicted octanol–water partition coefficient (Wildman–Crippen LogP) is 1.27. The minimum absolute atomic E-state index is 0.0514. The zero-order valence-corrected chi connectivity index (χ0v) is 10.3. The van der Waals surface area contributed by atoms with Gasteiger partial charge >= 0.3 is 5.97 Å². The van der Waals surface area contributed by atoms with Crippen molar-refractivity contribution in [1.29, 1.82) is 0 Å². The van der Waals surface area contributed by atoms with Crippen molar-refractivity contribution in [1.82, 2.24) is 5.06 Å². The van der Waals surface area contributed by atoms with Crippen LogP contribution in [0.4, 0.5) is 5.69 Å². The van der Waals surface area contributed by atoms with Crippen LogP contribution in [0.5, 0.6) is 0 Å². The van der Waals surface area contributed by atoms with Gasteiger partial charge in [-0.2, -0.15) is 0 Å². The molecular weight excluding hydrogens is 236 g/mol. The Balaban J connectivity index is 3.03. The van der Waals surface area contributed by atoms with Crippen LogP contribution in [0, 0.1) is 0 Å². The Labute approximate surface area is 105 Å². The highest BCUT2D eigenvalue weighted by Crippen LogP contribution is 2.16. The average molecular weight is 252 g/mol. The number of anilines is 1. The smallest absolute Gasteiger partial charge is 0.336 e. The molecule has 0 bridgehead atoms. The van der Waals surface area contributed by atoms with Gasteiger partial charge in [0.2, 0.25) is 5.91 Å². The minimum atomic E-state index is -1.06. The molecule has 0 saturated carbocycles. The lowest BCUT2D eigenvalue weighted by atomic mass is 10.1. The van der Waals surface area contributed by atoms with Gasteiger partial charge in [0, 0.05) is 12.6 Å². The number of hydroxylamine groups is 2. The second-order valence-electron chi connectivity index (χ2n) is 3.70. The lowest BCUT2D eigenvalue weighted by Gasteiger charge is -2.20. The highest BCUT2D eigenvalue weighted by atomic mass is 16.7. The van der Waals surface area contributed by atoms with Crippen LogP contribution >= 0.6 is 0 Å². The molecule has 0 aromatic heterocycles. The van der Waals surface area contributed by atoms with E-state index in [1.807, 2.05) is 0 Å². The molecule has 3 N–H and O–H groups in total. The Bertz CT molecular complexity index is 459. The number of amides is 1. The summed E-state index contributed by atoms with van der Waals surface area (Å²) in [6.45, 7) is 3.47. The molecule has 0 unspecified atom stereocenters. The molecule has 1 aromatic carbocycles. The summed E-state index contributed by atoms with van der Waals surface area (Å²) in [6.07, 6.45) is 0. The van der Waals surface area contributed by atoms with Gasteiger partial charge in [0.1, 0.15) is 0 Å². The van der Waals surface area contributed by atoms with Gasteiger partial charge in [0.15, 0.2) is 0 Å². The van der Waals surface area contributed by atoms with Gasteiger partial charge in [-0.1, -0.05) is 0 Å². The SMILES string of the molecule is CCON(Cc1cc(N)ccc1C(=O)O)C(C)=O. The Morgan fingerprint density at radius 3 is 2.61 bits per heavy atom. The molecule has 0 atom stereocenters. The molecule has 0 aliphatic rings. The zero-order chi connectivity index (χ0) is 13.7. The highest BCUT2D eigenvalue weighted by Gasteiger charge is 2.16. The number of benzene rings is 1. The van der Waals surface area contributed by atoms with Gasteiger partial charge in [-0.3, -0.25) is 9.63 Å². The normalized spacial score (nSPS) is 10.1. The topological polar surface area (TPSA) is 92.9 Å². The van der Waals surface area contributed by atoms with Crippen molar-refractivity contribution in [3.8, 4) is 0 Å². The van der Waals surface area contributed by atoms with E-state index in [2.05, 4.69) is 0 Å². The van der Waals surface area contributed by atoms with E-state index in [0.29, 0.717) is 17.9 Å². The fraction of sp³-hybridized carbons (Fsp3) is 0.333. The first-order chi connectivity index (χ1) is 8.45. The van der Waals surface area contributed by atoms with Crippen LogP contribution in [0.3, 0.4) is 0 Å². The third-order valence-corrected chi connectivity index (χ3v) is 2.31. The summed E-state index contributed by atoms with van der Waals surface area (Å²) in [6, 6.07) is 4.45. The number of nitrogens with two attached hydrogens (primary N) is 1. The van der Waals surface area contributed by atoms with Gasteiger partial charge in [0.05, 0.1) is 18.7 Å². The molecule has 6 nitrogen and oxygen atoms in total. The summed E-state index contributed by atoms with van der Waals surface area (Å²) in [5.41, 5.74) is 6.60. The van der Waals surface area contributed by atoms with E-state index >= 15 is 0 Å². The largest absolute Gasteiger partial charge is 0.478 e. The van der Waals surface area contributed by atoms with Crippen LogP contribution in [0.15, 0.2) is 18.2 Å². The quantitative estimate of drug-likeness (QED) is 0.608. The Morgan fingerprint density at radius 2 is 2.11 bits per heavy atom. The van der Waals surface area contributed by atoms with E-state index in [1.165, 1.54) is 25.1 Å². The summed E-state index contributed by atoms with van der Waals surface area (Å²) in [5.74, 6) is -1.36. The van der Waals surface area contributed by atoms with E-state index in [0.717, 1.165) is 5.06 Å². The highest BCUT2D eigenvalue weighted by molar-refractivity contribution is 5.90. The monoisotopic (exact) mass is 252 g/mol. The van der Waals surface area contributed by atoms with Crippen molar-refractivity contribution >= 4 is 17.6 Å². The molecule has 0 saturated heterocycles. The minimum Gasteiger partial charge on any atom is -0.478 e. The van der Waals surface area contributed by atoms with Gasteiger partial charge in [-0.15, -0.1) is 0 Å². The number of hydrogen-bond donors (Lipinski definition) is 2. The molecule has 0 aliphatic carbocycles. The zero-order valence-electron chi connectivity index (χ0n) is 10.3. The number of carboxylic acid groups (broad SMARTS) is 1. The van der Waals surface area contributed by atoms with E-state index in [4.69, 9.17) is 15.7 Å². The number of carboxylic acids is 1. The van der Waals surface area contributed by atoms with Crippen LogP contribution in [0.25, 0.3) is 0 Å². The van der Waals surface area contributed by atoms with Crippen molar-refractivity contribution in [3.05, 3.63) is 29.3 Å². The first-order valence-corrected chi connectivity index (χ1v) is 5.48. The molecule has 1 amide bonds. The van der Waals surface area contributed by atoms with E-state index < -0.39 is 5.97 Å². The molecule has 0 spiro atoms. The predicted molar refractivity (Wildman–Crippen MR) is 65.7 cm³/mol. The van der Waals surface area contributed by atoms with Crippen LogP contribution in [-0.2, 0) is 16.2 Å². The van der Waals surface area contributed by atoms with Crippen molar-refractivity contribution < 1.29 is 19.5 Å². The maximum absolute atomic E-state index is 11.3. The standard InChI is InChI=1S/C12H16N2O4/c1-3-18-14(8(2)15)7-9-6-10(13)4-5-11(9)12(16)17/h4-6H,3,7,13H2,1-2H3,(H,16,17). The number of rotatable bonds is 5. The number of aromatic carboxylic acids is 1. The van der Waals surface area contributed by atoms with Crippen LogP contribution in [0.2, 0.25) is 0 Å². The number of nitrogens with zero attached hydrogens (tertiary/aromatic N) is 1. The summed E-state index contributed by atoms with van der Waals surface area (Å²) >= 11 is 0. The molecule has 18 heavy (non-hydrogen) atoms. The fourth-order valence-corrected chi connectivity index (χ4v) is 1.51. The number of hydrogen-bond acceptors (Lipinski definition) is 4. The Hall–Kier alpha value is -2.08. The maximum atomic E-state index is 11.3. The molecule has 6 heteroatoms. The molecule has 1 aromatic rings. The van der Waals surface area contributed by atoms with Gasteiger partial charge < -0.3 is 10.8 Å². The summed E-state index contributed by atoms with van der Waals surface area (Å²) in [5, 5.41) is 10.2. The lowest BCUT2D eigenvalue weighted by molar-refractivity contribution is -0.186. The molecule has 98 valence electrons. The van der Waals surface area contributed by atoms with E-state index in [1.54, 1.807) is 6.92 Å². The Morgan fingerprint density at radius 1 is 1.44 bits per heavy atom. The van der Waals surface area contributed by atoms with Gasteiger partial charge in [-0.25, -0.2) is 9.86 Å². The Kier molecular flexibility index (Phi) is 4.67. The summed E-state index contributed by atoms with van der Waals surface area (Å²) < 4.78 is 0. The molecule has 0 aliphatic heterocycles. The van der Waals surface area contributed by atoms with Crippen molar-refractivity contribution in [2.75, 3.05) is 12.3 Å². The van der Waals surface area contributed by atoms with Crippen molar-refractivity contribution in [2.45, 2.75) is 20.4 Å². The second-order valence-corrected chi connectivity index (χ2v) is 3.70. The molecule has 0 fully saturated rings. The third kappa shape index (κ3) is 3.46. The van der Waals surface area contributed by atoms with Crippen molar-refractivity contribution in [2.24, 2.45) is 0 Å². The first-order valence-electron chi connectivity index (χ1n) is 5.48. The fourth-order valence-electron chi connectivity index (χ4n) is 1.51. The number of carbonyl (C=O) groups is 2. The average Bonchev–Trinajstić information content (AvgIpc) is 2.28. The maximum Gasteiger partial charge on any atom is 0.336 e. The molecule has 1 rings (SSSR count). The second kappa shape index (κ2) is 6.02.